The minimum absolute atomic E-state index is 1.14. The van der Waals surface area contributed by atoms with Gasteiger partial charge in [0.05, 0.1) is 0 Å². The van der Waals surface area contributed by atoms with Crippen LogP contribution < -0.4 is 0 Å². The minimum atomic E-state index is 1.14. The maximum atomic E-state index is 3.71. The van der Waals surface area contributed by atoms with Crippen LogP contribution in [0.1, 0.15) is 25.0 Å². The first-order valence-corrected chi connectivity index (χ1v) is 4.92. The van der Waals surface area contributed by atoms with Gasteiger partial charge in [0.15, 0.2) is 0 Å². The van der Waals surface area contributed by atoms with Gasteiger partial charge in [0.25, 0.3) is 0 Å². The fraction of sp³-hybridized carbons (Fsp3) is 0.273. The first kappa shape index (κ1) is 11.4. The van der Waals surface area contributed by atoms with Gasteiger partial charge >= 0.3 is 0 Å². The second-order valence-corrected chi connectivity index (χ2v) is 3.01. The van der Waals surface area contributed by atoms with E-state index in [1.165, 1.54) is 11.1 Å². The topological polar surface area (TPSA) is 0 Å². The van der Waals surface area contributed by atoms with Crippen LogP contribution in [0.5, 0.6) is 0 Å². The summed E-state index contributed by atoms with van der Waals surface area (Å²) in [5.74, 6) is 0. The van der Waals surface area contributed by atoms with E-state index in [2.05, 4.69) is 29.4 Å². The second-order valence-electron chi connectivity index (χ2n) is 2.16. The third-order valence-corrected chi connectivity index (χ3v) is 2.39. The van der Waals surface area contributed by atoms with Gasteiger partial charge in [-0.05, 0) is 24.1 Å². The van der Waals surface area contributed by atoms with Gasteiger partial charge in [-0.25, -0.2) is 0 Å². The Hall–Kier alpha value is -0.560. The molecule has 0 aliphatic heterocycles. The van der Waals surface area contributed by atoms with Gasteiger partial charge < -0.3 is 0 Å². The molecule has 1 heteroatoms. The minimum Gasteiger partial charge on any atom is -0.0985 e. The quantitative estimate of drug-likeness (QED) is 0.665. The van der Waals surface area contributed by atoms with Gasteiger partial charge in [-0.2, -0.15) is 0 Å². The van der Waals surface area contributed by atoms with Crippen molar-refractivity contribution < 1.29 is 0 Å². The Balaban J connectivity index is 0.000000561. The highest BCUT2D eigenvalue weighted by Crippen LogP contribution is 2.19. The van der Waals surface area contributed by atoms with Crippen LogP contribution >= 0.6 is 15.9 Å². The SMILES string of the molecule is C=Cc1cccc(Br)c1C.CC. The summed E-state index contributed by atoms with van der Waals surface area (Å²) < 4.78 is 1.14. The van der Waals surface area contributed by atoms with E-state index in [1.54, 1.807) is 0 Å². The van der Waals surface area contributed by atoms with Crippen LogP contribution in [-0.4, -0.2) is 0 Å². The molecule has 0 spiro atoms. The van der Waals surface area contributed by atoms with E-state index in [0.717, 1.165) is 4.47 Å². The van der Waals surface area contributed by atoms with E-state index in [-0.39, 0.29) is 0 Å². The standard InChI is InChI=1S/C9H9Br.C2H6/c1-3-8-5-4-6-9(10)7(8)2;1-2/h3-6H,1H2,2H3;1-2H3. The normalized spacial score (nSPS) is 8.33. The molecule has 1 aromatic carbocycles. The fourth-order valence-corrected chi connectivity index (χ4v) is 1.23. The molecule has 0 fully saturated rings. The van der Waals surface area contributed by atoms with Crippen molar-refractivity contribution in [1.29, 1.82) is 0 Å². The van der Waals surface area contributed by atoms with Crippen molar-refractivity contribution >= 4 is 22.0 Å². The zero-order valence-corrected chi connectivity index (χ0v) is 9.48. The fourth-order valence-electron chi connectivity index (χ4n) is 0.845. The van der Waals surface area contributed by atoms with Crippen LogP contribution in [0, 0.1) is 6.92 Å². The summed E-state index contributed by atoms with van der Waals surface area (Å²) in [6, 6.07) is 6.09. The Morgan fingerprint density at radius 1 is 1.33 bits per heavy atom. The average Bonchev–Trinajstić information content (AvgIpc) is 2.13. The smallest absolute Gasteiger partial charge is 0.0210 e. The molecule has 12 heavy (non-hydrogen) atoms. The Morgan fingerprint density at radius 2 is 1.92 bits per heavy atom. The van der Waals surface area contributed by atoms with Crippen molar-refractivity contribution in [2.45, 2.75) is 20.8 Å². The highest BCUT2D eigenvalue weighted by Gasteiger charge is 1.95. The lowest BCUT2D eigenvalue weighted by Gasteiger charge is -2.00. The highest BCUT2D eigenvalue weighted by molar-refractivity contribution is 9.10. The summed E-state index contributed by atoms with van der Waals surface area (Å²) in [5.41, 5.74) is 2.44. The molecule has 0 unspecified atom stereocenters. The zero-order valence-electron chi connectivity index (χ0n) is 7.89. The van der Waals surface area contributed by atoms with E-state index in [1.807, 2.05) is 38.1 Å². The summed E-state index contributed by atoms with van der Waals surface area (Å²) in [5, 5.41) is 0. The Kier molecular flexibility index (Phi) is 5.73. The number of halogens is 1. The molecule has 66 valence electrons. The summed E-state index contributed by atoms with van der Waals surface area (Å²) in [4.78, 5) is 0. The van der Waals surface area contributed by atoms with Crippen molar-refractivity contribution in [2.75, 3.05) is 0 Å². The summed E-state index contributed by atoms with van der Waals surface area (Å²) in [6.07, 6.45) is 1.86. The lowest BCUT2D eigenvalue weighted by atomic mass is 10.1. The van der Waals surface area contributed by atoms with Gasteiger partial charge in [0.1, 0.15) is 0 Å². The van der Waals surface area contributed by atoms with E-state index in [0.29, 0.717) is 0 Å². The largest absolute Gasteiger partial charge is 0.0985 e. The van der Waals surface area contributed by atoms with Crippen LogP contribution in [0.2, 0.25) is 0 Å². The van der Waals surface area contributed by atoms with E-state index >= 15 is 0 Å². The lowest BCUT2D eigenvalue weighted by molar-refractivity contribution is 1.41. The van der Waals surface area contributed by atoms with Crippen molar-refractivity contribution in [3.8, 4) is 0 Å². The molecular formula is C11H15Br. The van der Waals surface area contributed by atoms with Gasteiger partial charge in [0.2, 0.25) is 0 Å². The molecule has 0 saturated heterocycles. The molecule has 1 aromatic rings. The van der Waals surface area contributed by atoms with Crippen LogP contribution in [0.3, 0.4) is 0 Å². The molecule has 0 atom stereocenters. The van der Waals surface area contributed by atoms with Crippen LogP contribution in [0.4, 0.5) is 0 Å². The van der Waals surface area contributed by atoms with Crippen LogP contribution in [0.15, 0.2) is 29.3 Å². The van der Waals surface area contributed by atoms with Crippen LogP contribution in [0.25, 0.3) is 6.08 Å². The second kappa shape index (κ2) is 6.01. The van der Waals surface area contributed by atoms with Gasteiger partial charge in [-0.15, -0.1) is 0 Å². The first-order chi connectivity index (χ1) is 5.75. The predicted octanol–water partition coefficient (Wildman–Crippen LogP) is 4.43. The summed E-state index contributed by atoms with van der Waals surface area (Å²) >= 11 is 3.44. The molecule has 1 rings (SSSR count). The Morgan fingerprint density at radius 3 is 2.33 bits per heavy atom. The summed E-state index contributed by atoms with van der Waals surface area (Å²) in [7, 11) is 0. The number of benzene rings is 1. The van der Waals surface area contributed by atoms with E-state index < -0.39 is 0 Å². The van der Waals surface area contributed by atoms with Crippen molar-refractivity contribution in [3.05, 3.63) is 40.4 Å². The van der Waals surface area contributed by atoms with Crippen molar-refractivity contribution in [3.63, 3.8) is 0 Å². The molecule has 0 amide bonds. The number of hydrogen-bond acceptors (Lipinski definition) is 0. The summed E-state index contributed by atoms with van der Waals surface area (Å²) in [6.45, 7) is 9.78. The van der Waals surface area contributed by atoms with E-state index in [9.17, 15) is 0 Å². The first-order valence-electron chi connectivity index (χ1n) is 4.13. The molecule has 0 bridgehead atoms. The average molecular weight is 227 g/mol. The molecule has 0 radical (unpaired) electrons. The molecule has 0 aliphatic rings. The highest BCUT2D eigenvalue weighted by atomic mass is 79.9. The predicted molar refractivity (Wildman–Crippen MR) is 60.3 cm³/mol. The van der Waals surface area contributed by atoms with Crippen molar-refractivity contribution in [2.24, 2.45) is 0 Å². The van der Waals surface area contributed by atoms with E-state index in [4.69, 9.17) is 0 Å². The lowest BCUT2D eigenvalue weighted by Crippen LogP contribution is -1.79. The van der Waals surface area contributed by atoms with Crippen LogP contribution in [-0.2, 0) is 0 Å². The molecule has 0 N–H and O–H groups in total. The third kappa shape index (κ3) is 2.82. The van der Waals surface area contributed by atoms with Crippen molar-refractivity contribution in [1.82, 2.24) is 0 Å². The molecule has 0 saturated carbocycles. The molecule has 0 aromatic heterocycles. The number of hydrogen-bond donors (Lipinski definition) is 0. The molecule has 0 aliphatic carbocycles. The third-order valence-electron chi connectivity index (χ3n) is 1.53. The molecule has 0 nitrogen and oxygen atoms in total. The van der Waals surface area contributed by atoms with Gasteiger partial charge in [-0.1, -0.05) is 54.6 Å². The number of rotatable bonds is 1. The molecule has 0 heterocycles. The van der Waals surface area contributed by atoms with Gasteiger partial charge in [-0.3, -0.25) is 0 Å². The zero-order chi connectivity index (χ0) is 9.56. The Labute approximate surface area is 83.4 Å². The van der Waals surface area contributed by atoms with Gasteiger partial charge in [0, 0.05) is 4.47 Å². The maximum absolute atomic E-state index is 3.71. The maximum Gasteiger partial charge on any atom is 0.0210 e. The monoisotopic (exact) mass is 226 g/mol. The Bertz CT molecular complexity index is 251. The molecular weight excluding hydrogens is 212 g/mol.